The molecule has 3 nitrogen and oxygen atoms in total. The molecule has 0 N–H and O–H groups in total. The third-order valence-electron chi connectivity index (χ3n) is 2.98. The smallest absolute Gasteiger partial charge is 0.122 e. The van der Waals surface area contributed by atoms with Crippen molar-refractivity contribution in [2.24, 2.45) is 11.0 Å². The second-order valence-electron chi connectivity index (χ2n) is 3.99. The molecule has 1 aliphatic heterocycles. The van der Waals surface area contributed by atoms with Gasteiger partial charge in [0.25, 0.3) is 0 Å². The van der Waals surface area contributed by atoms with Crippen molar-refractivity contribution in [2.45, 2.75) is 25.7 Å². The molecule has 0 bridgehead atoms. The van der Waals surface area contributed by atoms with E-state index in [-0.39, 0.29) is 0 Å². The van der Waals surface area contributed by atoms with Crippen molar-refractivity contribution in [3.63, 3.8) is 0 Å². The second kappa shape index (κ2) is 3.40. The van der Waals surface area contributed by atoms with Crippen molar-refractivity contribution in [2.75, 3.05) is 13.6 Å². The molecular weight excluding hydrogens is 162 g/mol. The van der Waals surface area contributed by atoms with Crippen molar-refractivity contribution < 1.29 is 0 Å². The van der Waals surface area contributed by atoms with E-state index in [1.165, 1.54) is 25.7 Å². The number of hydrazone groups is 1. The molecule has 2 rings (SSSR count). The van der Waals surface area contributed by atoms with Gasteiger partial charge in [0.15, 0.2) is 0 Å². The van der Waals surface area contributed by atoms with Crippen LogP contribution in [0.4, 0.5) is 0 Å². The van der Waals surface area contributed by atoms with Crippen LogP contribution >= 0.6 is 0 Å². The van der Waals surface area contributed by atoms with Gasteiger partial charge in [-0.15, -0.1) is 0 Å². The van der Waals surface area contributed by atoms with Gasteiger partial charge in [0, 0.05) is 13.6 Å². The average molecular weight is 179 g/mol. The largest absolute Gasteiger partial charge is 0.320 e. The summed E-state index contributed by atoms with van der Waals surface area (Å²) in [5.41, 5.74) is 0. The van der Waals surface area contributed by atoms with Crippen molar-refractivity contribution in [3.8, 4) is 0 Å². The summed E-state index contributed by atoms with van der Waals surface area (Å²) in [5, 5.41) is 6.32. The third kappa shape index (κ3) is 1.69. The molecule has 3 heteroatoms. The lowest BCUT2D eigenvalue weighted by Gasteiger charge is -2.21. The third-order valence-corrected chi connectivity index (χ3v) is 2.98. The highest BCUT2D eigenvalue weighted by molar-refractivity contribution is 5.59. The molecule has 0 aromatic heterocycles. The van der Waals surface area contributed by atoms with E-state index in [0.29, 0.717) is 0 Å². The summed E-state index contributed by atoms with van der Waals surface area (Å²) in [7, 11) is 1.99. The highest BCUT2D eigenvalue weighted by Crippen LogP contribution is 2.27. The number of hydrogen-bond acceptors (Lipinski definition) is 3. The molecule has 0 spiro atoms. The molecule has 0 atom stereocenters. The Hall–Kier alpha value is -0.990. The fraction of sp³-hybridized carbons (Fsp3) is 0.700. The summed E-state index contributed by atoms with van der Waals surface area (Å²) in [6, 6.07) is 0. The molecule has 0 amide bonds. The van der Waals surface area contributed by atoms with E-state index in [1.54, 1.807) is 0 Å². The lowest BCUT2D eigenvalue weighted by atomic mass is 10.1. The summed E-state index contributed by atoms with van der Waals surface area (Å²) < 4.78 is 0. The van der Waals surface area contributed by atoms with Crippen LogP contribution in [0.2, 0.25) is 0 Å². The number of nitrogens with zero attached hydrogens (tertiary/aromatic N) is 3. The van der Waals surface area contributed by atoms with E-state index in [2.05, 4.69) is 11.7 Å². The molecule has 1 saturated carbocycles. The van der Waals surface area contributed by atoms with Crippen LogP contribution in [0.25, 0.3) is 0 Å². The van der Waals surface area contributed by atoms with Crippen LogP contribution in [-0.2, 0) is 0 Å². The van der Waals surface area contributed by atoms with Gasteiger partial charge in [0.05, 0.1) is 0 Å². The Labute approximate surface area is 79.7 Å². The van der Waals surface area contributed by atoms with Gasteiger partial charge in [-0.05, 0) is 18.8 Å². The van der Waals surface area contributed by atoms with Gasteiger partial charge < -0.3 is 4.90 Å². The lowest BCUT2D eigenvalue weighted by molar-refractivity contribution is 0.282. The maximum atomic E-state index is 4.30. The van der Waals surface area contributed by atoms with Crippen LogP contribution in [0.3, 0.4) is 0 Å². The van der Waals surface area contributed by atoms with Gasteiger partial charge in [0.1, 0.15) is 12.2 Å². The molecule has 0 aromatic carbocycles. The SMILES string of the molecule is C=C1N(C)C=NN1CC1CCCC1. The second-order valence-corrected chi connectivity index (χ2v) is 3.99. The van der Waals surface area contributed by atoms with E-state index in [1.807, 2.05) is 23.3 Å². The first kappa shape index (κ1) is 8.60. The van der Waals surface area contributed by atoms with Crippen molar-refractivity contribution in [1.82, 2.24) is 9.91 Å². The highest BCUT2D eigenvalue weighted by Gasteiger charge is 2.22. The Bertz CT molecular complexity index is 228. The van der Waals surface area contributed by atoms with Crippen LogP contribution in [-0.4, -0.2) is 29.8 Å². The molecule has 13 heavy (non-hydrogen) atoms. The molecule has 72 valence electrons. The maximum absolute atomic E-state index is 4.30. The van der Waals surface area contributed by atoms with Crippen LogP contribution in [0.15, 0.2) is 17.5 Å². The Morgan fingerprint density at radius 3 is 2.77 bits per heavy atom. The fourth-order valence-electron chi connectivity index (χ4n) is 2.05. The molecule has 0 unspecified atom stereocenters. The van der Waals surface area contributed by atoms with Gasteiger partial charge >= 0.3 is 0 Å². The summed E-state index contributed by atoms with van der Waals surface area (Å²) in [4.78, 5) is 1.97. The summed E-state index contributed by atoms with van der Waals surface area (Å²) in [6.45, 7) is 5.04. The van der Waals surface area contributed by atoms with E-state index in [9.17, 15) is 0 Å². The fourth-order valence-corrected chi connectivity index (χ4v) is 2.05. The minimum atomic E-state index is 0.834. The van der Waals surface area contributed by atoms with E-state index < -0.39 is 0 Å². The van der Waals surface area contributed by atoms with Crippen LogP contribution in [0, 0.1) is 5.92 Å². The van der Waals surface area contributed by atoms with Gasteiger partial charge in [-0.25, -0.2) is 5.01 Å². The highest BCUT2D eigenvalue weighted by atomic mass is 15.6. The predicted molar refractivity (Wildman–Crippen MR) is 54.1 cm³/mol. The van der Waals surface area contributed by atoms with E-state index >= 15 is 0 Å². The molecule has 0 radical (unpaired) electrons. The zero-order valence-corrected chi connectivity index (χ0v) is 8.24. The Morgan fingerprint density at radius 1 is 1.54 bits per heavy atom. The maximum Gasteiger partial charge on any atom is 0.122 e. The summed E-state index contributed by atoms with van der Waals surface area (Å²) >= 11 is 0. The zero-order valence-electron chi connectivity index (χ0n) is 8.24. The summed E-state index contributed by atoms with van der Waals surface area (Å²) in [6.07, 6.45) is 7.35. The molecule has 1 heterocycles. The Balaban J connectivity index is 1.88. The van der Waals surface area contributed by atoms with E-state index in [0.717, 1.165) is 18.3 Å². The molecule has 1 fully saturated rings. The van der Waals surface area contributed by atoms with Gasteiger partial charge in [0.2, 0.25) is 0 Å². The first-order valence-corrected chi connectivity index (χ1v) is 5.01. The molecule has 1 aliphatic carbocycles. The number of hydrogen-bond donors (Lipinski definition) is 0. The zero-order chi connectivity index (χ0) is 9.26. The Kier molecular flexibility index (Phi) is 2.25. The van der Waals surface area contributed by atoms with Gasteiger partial charge in [-0.1, -0.05) is 19.4 Å². The van der Waals surface area contributed by atoms with Gasteiger partial charge in [-0.3, -0.25) is 0 Å². The molecule has 2 aliphatic rings. The average Bonchev–Trinajstić information content (AvgIpc) is 2.71. The van der Waals surface area contributed by atoms with Crippen LogP contribution in [0.5, 0.6) is 0 Å². The van der Waals surface area contributed by atoms with Crippen LogP contribution < -0.4 is 0 Å². The quantitative estimate of drug-likeness (QED) is 0.644. The topological polar surface area (TPSA) is 18.8 Å². The van der Waals surface area contributed by atoms with Crippen molar-refractivity contribution in [3.05, 3.63) is 12.4 Å². The van der Waals surface area contributed by atoms with Crippen molar-refractivity contribution in [1.29, 1.82) is 0 Å². The minimum absolute atomic E-state index is 0.834. The molecule has 0 aromatic rings. The normalized spacial score (nSPS) is 23.6. The van der Waals surface area contributed by atoms with Crippen molar-refractivity contribution >= 4 is 6.34 Å². The first-order valence-electron chi connectivity index (χ1n) is 5.01. The van der Waals surface area contributed by atoms with Crippen LogP contribution in [0.1, 0.15) is 25.7 Å². The first-order chi connectivity index (χ1) is 6.27. The minimum Gasteiger partial charge on any atom is -0.320 e. The lowest BCUT2D eigenvalue weighted by Crippen LogP contribution is -2.24. The van der Waals surface area contributed by atoms with Gasteiger partial charge in [-0.2, -0.15) is 5.10 Å². The molecule has 0 saturated heterocycles. The number of rotatable bonds is 2. The summed E-state index contributed by atoms with van der Waals surface area (Å²) in [5.74, 6) is 1.84. The monoisotopic (exact) mass is 179 g/mol. The molecular formula is C10H17N3. The Morgan fingerprint density at radius 2 is 2.23 bits per heavy atom. The van der Waals surface area contributed by atoms with E-state index in [4.69, 9.17) is 0 Å². The standard InChI is InChI=1S/C10H17N3/c1-9-12(2)8-11-13(9)7-10-5-3-4-6-10/h8,10H,1,3-7H2,2H3. The predicted octanol–water partition coefficient (Wildman–Crippen LogP) is 1.84.